The Hall–Kier alpha value is -3.48. The second kappa shape index (κ2) is 5.02. The van der Waals surface area contributed by atoms with Crippen molar-refractivity contribution in [2.24, 2.45) is 12.8 Å². The lowest BCUT2D eigenvalue weighted by Crippen LogP contribution is -2.16. The Kier molecular flexibility index (Phi) is 2.96. The number of amides is 1. The molecule has 4 aromatic rings. The van der Waals surface area contributed by atoms with Crippen molar-refractivity contribution in [1.29, 1.82) is 0 Å². The standard InChI is InChI=1S/C17H14N6O/c1-23-8-10-7-9(5-6-13(10)22-23)11-3-2-4-12-14(18)16(17(19)24)21-20-15(11)12/h2-8H,1H3,(H2,18,20)(H2,19,24). The summed E-state index contributed by atoms with van der Waals surface area (Å²) in [6.07, 6.45) is 1.95. The highest BCUT2D eigenvalue weighted by Crippen LogP contribution is 2.31. The Morgan fingerprint density at radius 2 is 2.00 bits per heavy atom. The van der Waals surface area contributed by atoms with E-state index in [1.807, 2.05) is 43.6 Å². The van der Waals surface area contributed by atoms with E-state index in [0.29, 0.717) is 10.9 Å². The Labute approximate surface area is 136 Å². The molecular formula is C17H14N6O. The first-order valence-electron chi connectivity index (χ1n) is 7.33. The monoisotopic (exact) mass is 318 g/mol. The van der Waals surface area contributed by atoms with Gasteiger partial charge in [-0.3, -0.25) is 9.48 Å². The minimum Gasteiger partial charge on any atom is -0.396 e. The number of primary amides is 1. The van der Waals surface area contributed by atoms with E-state index in [2.05, 4.69) is 15.3 Å². The van der Waals surface area contributed by atoms with Crippen LogP contribution in [0.5, 0.6) is 0 Å². The van der Waals surface area contributed by atoms with Crippen LogP contribution >= 0.6 is 0 Å². The van der Waals surface area contributed by atoms with Crippen molar-refractivity contribution < 1.29 is 4.79 Å². The van der Waals surface area contributed by atoms with E-state index < -0.39 is 5.91 Å². The number of nitrogen functional groups attached to an aromatic ring is 1. The average Bonchev–Trinajstić information content (AvgIpc) is 2.93. The lowest BCUT2D eigenvalue weighted by Gasteiger charge is -2.09. The molecule has 4 N–H and O–H groups in total. The molecule has 2 aromatic carbocycles. The number of aromatic nitrogens is 4. The SMILES string of the molecule is Cn1cc2cc(-c3cccc4c(N)c(C(N)=O)nnc34)ccc2n1. The molecule has 2 heterocycles. The van der Waals surface area contributed by atoms with Gasteiger partial charge in [-0.05, 0) is 17.7 Å². The van der Waals surface area contributed by atoms with Crippen LogP contribution < -0.4 is 11.5 Å². The number of nitrogens with zero attached hydrogens (tertiary/aromatic N) is 4. The minimum atomic E-state index is -0.691. The molecule has 24 heavy (non-hydrogen) atoms. The van der Waals surface area contributed by atoms with Crippen molar-refractivity contribution in [2.45, 2.75) is 0 Å². The zero-order valence-electron chi connectivity index (χ0n) is 12.9. The highest BCUT2D eigenvalue weighted by Gasteiger charge is 2.15. The summed E-state index contributed by atoms with van der Waals surface area (Å²) in [5, 5.41) is 14.1. The quantitative estimate of drug-likeness (QED) is 0.586. The summed E-state index contributed by atoms with van der Waals surface area (Å²) < 4.78 is 1.77. The van der Waals surface area contributed by atoms with Gasteiger partial charge in [0.1, 0.15) is 5.52 Å². The van der Waals surface area contributed by atoms with Gasteiger partial charge >= 0.3 is 0 Å². The van der Waals surface area contributed by atoms with Crippen molar-refractivity contribution in [3.8, 4) is 11.1 Å². The Morgan fingerprint density at radius 3 is 2.79 bits per heavy atom. The largest absolute Gasteiger partial charge is 0.396 e. The van der Waals surface area contributed by atoms with Gasteiger partial charge in [0.05, 0.1) is 11.2 Å². The number of aryl methyl sites for hydroxylation is 1. The molecule has 0 spiro atoms. The molecule has 0 radical (unpaired) electrons. The third-order valence-corrected chi connectivity index (χ3v) is 3.99. The molecule has 118 valence electrons. The molecule has 1 amide bonds. The molecule has 0 unspecified atom stereocenters. The number of anilines is 1. The maximum Gasteiger partial charge on any atom is 0.271 e. The van der Waals surface area contributed by atoms with Gasteiger partial charge < -0.3 is 11.5 Å². The van der Waals surface area contributed by atoms with Crippen molar-refractivity contribution in [3.63, 3.8) is 0 Å². The first-order valence-corrected chi connectivity index (χ1v) is 7.33. The lowest BCUT2D eigenvalue weighted by atomic mass is 10.00. The summed E-state index contributed by atoms with van der Waals surface area (Å²) in [5.74, 6) is -0.691. The molecule has 0 aliphatic heterocycles. The van der Waals surface area contributed by atoms with Crippen LogP contribution in [-0.4, -0.2) is 25.9 Å². The van der Waals surface area contributed by atoms with Crippen LogP contribution in [0.15, 0.2) is 42.6 Å². The van der Waals surface area contributed by atoms with Crippen LogP contribution in [0.3, 0.4) is 0 Å². The van der Waals surface area contributed by atoms with Gasteiger partial charge in [0.2, 0.25) is 0 Å². The van der Waals surface area contributed by atoms with Gasteiger partial charge in [0.25, 0.3) is 5.91 Å². The molecule has 0 aliphatic rings. The number of hydrogen-bond acceptors (Lipinski definition) is 5. The Balaban J connectivity index is 1.98. The molecule has 7 nitrogen and oxygen atoms in total. The molecule has 0 saturated carbocycles. The molecule has 4 rings (SSSR count). The van der Waals surface area contributed by atoms with Gasteiger partial charge in [0, 0.05) is 29.6 Å². The number of benzene rings is 2. The normalized spacial score (nSPS) is 11.2. The molecule has 2 aromatic heterocycles. The van der Waals surface area contributed by atoms with Crippen LogP contribution in [0.4, 0.5) is 5.69 Å². The van der Waals surface area contributed by atoms with Crippen LogP contribution in [0.1, 0.15) is 10.5 Å². The Morgan fingerprint density at radius 1 is 1.17 bits per heavy atom. The first-order chi connectivity index (χ1) is 11.5. The summed E-state index contributed by atoms with van der Waals surface area (Å²) in [6, 6.07) is 11.6. The predicted molar refractivity (Wildman–Crippen MR) is 92.2 cm³/mol. The van der Waals surface area contributed by atoms with Crippen LogP contribution in [0.25, 0.3) is 32.9 Å². The number of fused-ring (bicyclic) bond motifs is 2. The number of hydrogen-bond donors (Lipinski definition) is 2. The predicted octanol–water partition coefficient (Wildman–Crippen LogP) is 1.86. The van der Waals surface area contributed by atoms with E-state index in [-0.39, 0.29) is 11.4 Å². The second-order valence-corrected chi connectivity index (χ2v) is 5.60. The van der Waals surface area contributed by atoms with E-state index in [1.165, 1.54) is 0 Å². The van der Waals surface area contributed by atoms with Crippen molar-refractivity contribution in [2.75, 3.05) is 5.73 Å². The van der Waals surface area contributed by atoms with Crippen molar-refractivity contribution in [1.82, 2.24) is 20.0 Å². The van der Waals surface area contributed by atoms with E-state index >= 15 is 0 Å². The maximum absolute atomic E-state index is 11.4. The average molecular weight is 318 g/mol. The fourth-order valence-corrected chi connectivity index (χ4v) is 2.88. The van der Waals surface area contributed by atoms with E-state index in [4.69, 9.17) is 11.5 Å². The van der Waals surface area contributed by atoms with Gasteiger partial charge in [-0.25, -0.2) is 0 Å². The summed E-state index contributed by atoms with van der Waals surface area (Å²) in [5.41, 5.74) is 15.0. The third kappa shape index (κ3) is 2.06. The Bertz CT molecular complexity index is 1110. The topological polar surface area (TPSA) is 113 Å². The minimum absolute atomic E-state index is 0.0117. The summed E-state index contributed by atoms with van der Waals surface area (Å²) >= 11 is 0. The van der Waals surface area contributed by atoms with Crippen molar-refractivity contribution >= 4 is 33.4 Å². The van der Waals surface area contributed by atoms with Crippen LogP contribution in [-0.2, 0) is 7.05 Å². The molecule has 0 aliphatic carbocycles. The van der Waals surface area contributed by atoms with E-state index in [1.54, 1.807) is 10.7 Å². The second-order valence-electron chi connectivity index (χ2n) is 5.60. The van der Waals surface area contributed by atoms with Crippen LogP contribution in [0.2, 0.25) is 0 Å². The fourth-order valence-electron chi connectivity index (χ4n) is 2.88. The highest BCUT2D eigenvalue weighted by atomic mass is 16.1. The van der Waals surface area contributed by atoms with E-state index in [0.717, 1.165) is 22.0 Å². The number of carbonyl (C=O) groups is 1. The zero-order valence-corrected chi connectivity index (χ0v) is 12.9. The third-order valence-electron chi connectivity index (χ3n) is 3.99. The molecule has 0 fully saturated rings. The maximum atomic E-state index is 11.4. The van der Waals surface area contributed by atoms with Gasteiger partial charge in [-0.1, -0.05) is 24.3 Å². The van der Waals surface area contributed by atoms with Gasteiger partial charge in [-0.2, -0.15) is 5.10 Å². The van der Waals surface area contributed by atoms with Crippen LogP contribution in [0, 0.1) is 0 Å². The zero-order chi connectivity index (χ0) is 16.8. The first kappa shape index (κ1) is 14.1. The van der Waals surface area contributed by atoms with Gasteiger partial charge in [-0.15, -0.1) is 10.2 Å². The van der Waals surface area contributed by atoms with E-state index in [9.17, 15) is 4.79 Å². The molecule has 0 bridgehead atoms. The summed E-state index contributed by atoms with van der Waals surface area (Å²) in [7, 11) is 1.88. The van der Waals surface area contributed by atoms with Crippen molar-refractivity contribution in [3.05, 3.63) is 48.3 Å². The summed E-state index contributed by atoms with van der Waals surface area (Å²) in [6.45, 7) is 0. The van der Waals surface area contributed by atoms with Gasteiger partial charge in [0.15, 0.2) is 5.69 Å². The fraction of sp³-hybridized carbons (Fsp3) is 0.0588. The molecule has 7 heteroatoms. The molecule has 0 atom stereocenters. The summed E-state index contributed by atoms with van der Waals surface area (Å²) in [4.78, 5) is 11.4. The highest BCUT2D eigenvalue weighted by molar-refractivity contribution is 6.07. The molecule has 0 saturated heterocycles. The number of nitrogens with two attached hydrogens (primary N) is 2. The molecular weight excluding hydrogens is 304 g/mol. The lowest BCUT2D eigenvalue weighted by molar-refractivity contribution is 0.0996. The number of rotatable bonds is 2. The smallest absolute Gasteiger partial charge is 0.271 e. The number of carbonyl (C=O) groups excluding carboxylic acids is 1.